The number of rotatable bonds is 4. The Balaban J connectivity index is 2.19. The number of nitrogens with zero attached hydrogens (tertiary/aromatic N) is 3. The number of pyridine rings is 1. The summed E-state index contributed by atoms with van der Waals surface area (Å²) in [5.41, 5.74) is 2.10. The van der Waals surface area contributed by atoms with Gasteiger partial charge >= 0.3 is 0 Å². The Morgan fingerprint density at radius 1 is 1.38 bits per heavy atom. The van der Waals surface area contributed by atoms with Crippen molar-refractivity contribution < 1.29 is 0 Å². The Bertz CT molecular complexity index is 473. The Labute approximate surface area is 95.7 Å². The van der Waals surface area contributed by atoms with E-state index in [0.717, 1.165) is 24.4 Å². The van der Waals surface area contributed by atoms with E-state index in [-0.39, 0.29) is 0 Å². The molecular formula is C12H18N4. The predicted octanol–water partition coefficient (Wildman–Crippen LogP) is 2.50. The molecular weight excluding hydrogens is 200 g/mol. The van der Waals surface area contributed by atoms with Crippen molar-refractivity contribution in [1.29, 1.82) is 0 Å². The van der Waals surface area contributed by atoms with Crippen LogP contribution in [0.3, 0.4) is 0 Å². The molecule has 2 heterocycles. The van der Waals surface area contributed by atoms with E-state index in [2.05, 4.69) is 42.2 Å². The molecule has 0 atom stereocenters. The molecule has 2 rings (SSSR count). The summed E-state index contributed by atoms with van der Waals surface area (Å²) in [5.74, 6) is 1.73. The van der Waals surface area contributed by atoms with Crippen molar-refractivity contribution in [3.63, 3.8) is 0 Å². The van der Waals surface area contributed by atoms with Gasteiger partial charge in [0.05, 0.1) is 0 Å². The maximum absolute atomic E-state index is 4.20. The normalized spacial score (nSPS) is 11.2. The zero-order valence-electron chi connectivity index (χ0n) is 10.1. The van der Waals surface area contributed by atoms with Crippen molar-refractivity contribution in [2.24, 2.45) is 5.92 Å². The van der Waals surface area contributed by atoms with E-state index in [0.29, 0.717) is 5.92 Å². The molecule has 0 aliphatic rings. The van der Waals surface area contributed by atoms with E-state index in [4.69, 9.17) is 0 Å². The molecule has 0 bridgehead atoms. The third kappa shape index (κ3) is 2.32. The van der Waals surface area contributed by atoms with Crippen LogP contribution in [0.2, 0.25) is 0 Å². The summed E-state index contributed by atoms with van der Waals surface area (Å²) in [5, 5.41) is 7.61. The number of nitrogens with one attached hydrogen (secondary N) is 1. The van der Waals surface area contributed by atoms with Crippen molar-refractivity contribution in [2.45, 2.75) is 27.2 Å². The molecule has 2 aromatic rings. The lowest BCUT2D eigenvalue weighted by Crippen LogP contribution is -2.09. The molecule has 0 saturated carbocycles. The molecule has 0 unspecified atom stereocenters. The zero-order chi connectivity index (χ0) is 11.5. The monoisotopic (exact) mass is 218 g/mol. The second kappa shape index (κ2) is 4.51. The second-order valence-corrected chi connectivity index (χ2v) is 4.56. The van der Waals surface area contributed by atoms with Crippen molar-refractivity contribution in [2.75, 3.05) is 11.9 Å². The summed E-state index contributed by atoms with van der Waals surface area (Å²) in [6.07, 6.45) is 2.74. The van der Waals surface area contributed by atoms with Gasteiger partial charge in [-0.1, -0.05) is 13.8 Å². The van der Waals surface area contributed by atoms with Crippen LogP contribution >= 0.6 is 0 Å². The highest BCUT2D eigenvalue weighted by atomic mass is 15.3. The molecule has 86 valence electrons. The number of anilines is 1. The molecule has 4 heteroatoms. The molecule has 2 aromatic heterocycles. The van der Waals surface area contributed by atoms with Crippen LogP contribution in [0.4, 0.5) is 5.82 Å². The highest BCUT2D eigenvalue weighted by molar-refractivity contribution is 5.51. The molecule has 0 spiro atoms. The van der Waals surface area contributed by atoms with Crippen LogP contribution in [0.15, 0.2) is 18.5 Å². The van der Waals surface area contributed by atoms with E-state index in [1.54, 1.807) is 6.33 Å². The van der Waals surface area contributed by atoms with Crippen LogP contribution in [0, 0.1) is 12.8 Å². The van der Waals surface area contributed by atoms with Gasteiger partial charge in [-0.05, 0) is 37.0 Å². The molecule has 0 saturated heterocycles. The number of aromatic nitrogens is 3. The molecule has 0 aromatic carbocycles. The van der Waals surface area contributed by atoms with Gasteiger partial charge in [-0.3, -0.25) is 0 Å². The molecule has 0 fully saturated rings. The summed E-state index contributed by atoms with van der Waals surface area (Å²) in [7, 11) is 0. The quantitative estimate of drug-likeness (QED) is 0.857. The van der Waals surface area contributed by atoms with Crippen molar-refractivity contribution >= 4 is 11.5 Å². The smallest absolute Gasteiger partial charge is 0.157 e. The Hall–Kier alpha value is -1.58. The molecule has 1 N–H and O–H groups in total. The first-order chi connectivity index (χ1) is 7.66. The van der Waals surface area contributed by atoms with Gasteiger partial charge < -0.3 is 5.32 Å². The first-order valence-corrected chi connectivity index (χ1v) is 5.71. The van der Waals surface area contributed by atoms with Gasteiger partial charge in [0.2, 0.25) is 0 Å². The topological polar surface area (TPSA) is 42.2 Å². The summed E-state index contributed by atoms with van der Waals surface area (Å²) < 4.78 is 1.84. The second-order valence-electron chi connectivity index (χ2n) is 4.56. The highest BCUT2D eigenvalue weighted by Crippen LogP contribution is 2.13. The zero-order valence-corrected chi connectivity index (χ0v) is 10.1. The van der Waals surface area contributed by atoms with E-state index in [1.807, 2.05) is 10.6 Å². The molecule has 0 radical (unpaired) electrons. The molecule has 0 aliphatic carbocycles. The average Bonchev–Trinajstić information content (AvgIpc) is 2.64. The number of fused-ring (bicyclic) bond motifs is 1. The maximum Gasteiger partial charge on any atom is 0.157 e. The minimum Gasteiger partial charge on any atom is -0.370 e. The fourth-order valence-corrected chi connectivity index (χ4v) is 1.67. The minimum atomic E-state index is 0.712. The fourth-order valence-electron chi connectivity index (χ4n) is 1.67. The first-order valence-electron chi connectivity index (χ1n) is 5.71. The van der Waals surface area contributed by atoms with Crippen LogP contribution in [0.1, 0.15) is 25.8 Å². The molecule has 16 heavy (non-hydrogen) atoms. The van der Waals surface area contributed by atoms with Crippen LogP contribution in [-0.2, 0) is 0 Å². The maximum atomic E-state index is 4.20. The third-order valence-corrected chi connectivity index (χ3v) is 2.55. The van der Waals surface area contributed by atoms with Gasteiger partial charge in [-0.2, -0.15) is 9.61 Å². The number of hydrogen-bond donors (Lipinski definition) is 1. The van der Waals surface area contributed by atoms with Gasteiger partial charge in [0.25, 0.3) is 0 Å². The number of hydrogen-bond acceptors (Lipinski definition) is 3. The van der Waals surface area contributed by atoms with Gasteiger partial charge in [-0.25, -0.2) is 4.98 Å². The van der Waals surface area contributed by atoms with Crippen LogP contribution in [0.25, 0.3) is 5.65 Å². The molecule has 0 amide bonds. The van der Waals surface area contributed by atoms with E-state index in [9.17, 15) is 0 Å². The third-order valence-electron chi connectivity index (χ3n) is 2.55. The van der Waals surface area contributed by atoms with Crippen LogP contribution in [-0.4, -0.2) is 21.1 Å². The predicted molar refractivity (Wildman–Crippen MR) is 65.7 cm³/mol. The van der Waals surface area contributed by atoms with Crippen LogP contribution < -0.4 is 5.32 Å². The van der Waals surface area contributed by atoms with Gasteiger partial charge in [-0.15, -0.1) is 0 Å². The minimum absolute atomic E-state index is 0.712. The highest BCUT2D eigenvalue weighted by Gasteiger charge is 2.03. The lowest BCUT2D eigenvalue weighted by atomic mass is 10.1. The molecule has 4 nitrogen and oxygen atoms in total. The lowest BCUT2D eigenvalue weighted by molar-refractivity contribution is 0.606. The fraction of sp³-hybridized carbons (Fsp3) is 0.500. The van der Waals surface area contributed by atoms with Crippen molar-refractivity contribution in [3.05, 3.63) is 24.0 Å². The summed E-state index contributed by atoms with van der Waals surface area (Å²) >= 11 is 0. The SMILES string of the molecule is Cc1cc(NCCC(C)C)n2ncnc2c1. The summed E-state index contributed by atoms with van der Waals surface area (Å²) in [4.78, 5) is 4.20. The summed E-state index contributed by atoms with van der Waals surface area (Å²) in [6.45, 7) is 7.49. The number of aryl methyl sites for hydroxylation is 1. The Morgan fingerprint density at radius 3 is 2.94 bits per heavy atom. The van der Waals surface area contributed by atoms with E-state index < -0.39 is 0 Å². The van der Waals surface area contributed by atoms with Crippen molar-refractivity contribution in [1.82, 2.24) is 14.6 Å². The summed E-state index contributed by atoms with van der Waals surface area (Å²) in [6, 6.07) is 4.13. The van der Waals surface area contributed by atoms with E-state index in [1.165, 1.54) is 5.56 Å². The van der Waals surface area contributed by atoms with Gasteiger partial charge in [0, 0.05) is 6.54 Å². The lowest BCUT2D eigenvalue weighted by Gasteiger charge is -2.10. The van der Waals surface area contributed by atoms with Gasteiger partial charge in [0.15, 0.2) is 5.65 Å². The Kier molecular flexibility index (Phi) is 3.08. The Morgan fingerprint density at radius 2 is 2.19 bits per heavy atom. The standard InChI is InChI=1S/C12H18N4/c1-9(2)4-5-13-11-6-10(3)7-12-14-8-15-16(11)12/h6-9,13H,4-5H2,1-3H3. The first kappa shape index (κ1) is 10.9. The van der Waals surface area contributed by atoms with Crippen LogP contribution in [0.5, 0.6) is 0 Å². The van der Waals surface area contributed by atoms with Gasteiger partial charge in [0.1, 0.15) is 12.1 Å². The van der Waals surface area contributed by atoms with E-state index >= 15 is 0 Å². The largest absolute Gasteiger partial charge is 0.370 e. The average molecular weight is 218 g/mol. The molecule has 0 aliphatic heterocycles. The van der Waals surface area contributed by atoms with Crippen molar-refractivity contribution in [3.8, 4) is 0 Å².